The zero-order valence-corrected chi connectivity index (χ0v) is 15.0. The molecule has 128 valence electrons. The summed E-state index contributed by atoms with van der Waals surface area (Å²) < 4.78 is 27.2. The van der Waals surface area contributed by atoms with Crippen molar-refractivity contribution in [2.45, 2.75) is 55.8 Å². The van der Waals surface area contributed by atoms with Gasteiger partial charge in [-0.15, -0.1) is 11.6 Å². The molecule has 0 bridgehead atoms. The predicted molar refractivity (Wildman–Crippen MR) is 92.2 cm³/mol. The van der Waals surface area contributed by atoms with E-state index in [4.69, 9.17) is 11.6 Å². The molecule has 2 atom stereocenters. The molecular formula is C16H23ClN2O3S. The van der Waals surface area contributed by atoms with Gasteiger partial charge in [-0.25, -0.2) is 8.42 Å². The Balaban J connectivity index is 2.18. The Morgan fingerprint density at radius 1 is 1.35 bits per heavy atom. The number of carbonyl (C=O) groups is 1. The molecule has 2 rings (SSSR count). The topological polar surface area (TPSA) is 66.5 Å². The normalized spacial score (nSPS) is 20.9. The van der Waals surface area contributed by atoms with Crippen molar-refractivity contribution in [1.29, 1.82) is 0 Å². The molecule has 1 aliphatic heterocycles. The smallest absolute Gasteiger partial charge is 0.243 e. The summed E-state index contributed by atoms with van der Waals surface area (Å²) in [4.78, 5) is 11.8. The molecule has 1 aliphatic rings. The number of rotatable bonds is 5. The molecule has 0 saturated carbocycles. The summed E-state index contributed by atoms with van der Waals surface area (Å²) in [6.07, 6.45) is 3.71. The zero-order chi connectivity index (χ0) is 17.0. The Kier molecular flexibility index (Phi) is 6.06. The number of anilines is 1. The summed E-state index contributed by atoms with van der Waals surface area (Å²) in [5.41, 5.74) is 0.534. The van der Waals surface area contributed by atoms with Crippen LogP contribution in [-0.4, -0.2) is 36.6 Å². The van der Waals surface area contributed by atoms with Gasteiger partial charge in [-0.05, 0) is 50.5 Å². The van der Waals surface area contributed by atoms with Gasteiger partial charge in [-0.2, -0.15) is 4.31 Å². The molecule has 1 aromatic carbocycles. The molecule has 0 spiro atoms. The van der Waals surface area contributed by atoms with Gasteiger partial charge in [0.05, 0.1) is 4.90 Å². The summed E-state index contributed by atoms with van der Waals surface area (Å²) in [6.45, 7) is 4.17. The van der Waals surface area contributed by atoms with E-state index >= 15 is 0 Å². The summed E-state index contributed by atoms with van der Waals surface area (Å²) in [7, 11) is -3.49. The van der Waals surface area contributed by atoms with Crippen molar-refractivity contribution >= 4 is 33.2 Å². The molecule has 1 aromatic rings. The van der Waals surface area contributed by atoms with E-state index in [0.717, 1.165) is 25.7 Å². The molecule has 1 fully saturated rings. The van der Waals surface area contributed by atoms with Crippen LogP contribution >= 0.6 is 11.6 Å². The third kappa shape index (κ3) is 4.25. The van der Waals surface area contributed by atoms with Gasteiger partial charge in [0.25, 0.3) is 0 Å². The number of sulfonamides is 1. The van der Waals surface area contributed by atoms with Crippen LogP contribution in [0.4, 0.5) is 5.69 Å². The lowest BCUT2D eigenvalue weighted by Gasteiger charge is -2.34. The lowest BCUT2D eigenvalue weighted by molar-refractivity contribution is -0.115. The number of halogens is 1. The zero-order valence-electron chi connectivity index (χ0n) is 13.5. The second kappa shape index (κ2) is 7.64. The average molecular weight is 359 g/mol. The second-order valence-electron chi connectivity index (χ2n) is 5.80. The third-order valence-electron chi connectivity index (χ3n) is 4.13. The number of alkyl halides is 1. The average Bonchev–Trinajstić information content (AvgIpc) is 2.55. The first-order chi connectivity index (χ1) is 10.9. The fourth-order valence-corrected chi connectivity index (χ4v) is 4.61. The number of nitrogens with zero attached hydrogens (tertiary/aromatic N) is 1. The monoisotopic (exact) mass is 358 g/mol. The van der Waals surface area contributed by atoms with E-state index < -0.39 is 15.4 Å². The van der Waals surface area contributed by atoms with Crippen molar-refractivity contribution in [2.75, 3.05) is 11.9 Å². The van der Waals surface area contributed by atoms with E-state index in [2.05, 4.69) is 5.32 Å². The first-order valence-electron chi connectivity index (χ1n) is 7.93. The standard InChI is InChI=1S/C16H23ClN2O3S/c1-3-14-6-4-5-11-19(14)23(21,22)15-9-7-13(8-10-15)18-16(20)12(2)17/h7-10,12,14H,3-6,11H2,1-2H3,(H,18,20)/t12-,14-/m0/s1. The minimum Gasteiger partial charge on any atom is -0.325 e. The Bertz CT molecular complexity index is 644. The van der Waals surface area contributed by atoms with Crippen LogP contribution < -0.4 is 5.32 Å². The van der Waals surface area contributed by atoms with Crippen LogP contribution in [-0.2, 0) is 14.8 Å². The highest BCUT2D eigenvalue weighted by molar-refractivity contribution is 7.89. The molecule has 1 heterocycles. The Morgan fingerprint density at radius 2 is 2.00 bits per heavy atom. The van der Waals surface area contributed by atoms with Crippen molar-refractivity contribution < 1.29 is 13.2 Å². The molecule has 23 heavy (non-hydrogen) atoms. The van der Waals surface area contributed by atoms with Gasteiger partial charge >= 0.3 is 0 Å². The summed E-state index contributed by atoms with van der Waals surface area (Å²) in [6, 6.07) is 6.32. The van der Waals surface area contributed by atoms with Crippen LogP contribution in [0.2, 0.25) is 0 Å². The highest BCUT2D eigenvalue weighted by atomic mass is 35.5. The lowest BCUT2D eigenvalue weighted by atomic mass is 10.0. The van der Waals surface area contributed by atoms with Gasteiger partial charge in [0.15, 0.2) is 0 Å². The maximum Gasteiger partial charge on any atom is 0.243 e. The van der Waals surface area contributed by atoms with Gasteiger partial charge in [0.1, 0.15) is 5.38 Å². The molecule has 1 amide bonds. The fraction of sp³-hybridized carbons (Fsp3) is 0.562. The van der Waals surface area contributed by atoms with Crippen molar-refractivity contribution in [3.8, 4) is 0 Å². The SMILES string of the molecule is CC[C@H]1CCCCN1S(=O)(=O)c1ccc(NC(=O)[C@H](C)Cl)cc1. The quantitative estimate of drug-likeness (QED) is 0.822. The first-order valence-corrected chi connectivity index (χ1v) is 9.80. The minimum absolute atomic E-state index is 0.0743. The fourth-order valence-electron chi connectivity index (χ4n) is 2.79. The van der Waals surface area contributed by atoms with Crippen molar-refractivity contribution in [1.82, 2.24) is 4.31 Å². The molecule has 0 aromatic heterocycles. The van der Waals surface area contributed by atoms with Gasteiger partial charge in [-0.3, -0.25) is 4.79 Å². The van der Waals surface area contributed by atoms with Gasteiger partial charge in [0, 0.05) is 18.3 Å². The largest absolute Gasteiger partial charge is 0.325 e. The van der Waals surface area contributed by atoms with Crippen LogP contribution in [0.3, 0.4) is 0 Å². The van der Waals surface area contributed by atoms with Crippen molar-refractivity contribution in [3.05, 3.63) is 24.3 Å². The number of benzene rings is 1. The first kappa shape index (κ1) is 18.2. The molecule has 7 heteroatoms. The molecule has 0 aliphatic carbocycles. The summed E-state index contributed by atoms with van der Waals surface area (Å²) in [5.74, 6) is -0.315. The third-order valence-corrected chi connectivity index (χ3v) is 6.30. The van der Waals surface area contributed by atoms with Crippen LogP contribution in [0.1, 0.15) is 39.5 Å². The van der Waals surface area contributed by atoms with Crippen LogP contribution in [0.5, 0.6) is 0 Å². The van der Waals surface area contributed by atoms with Crippen molar-refractivity contribution in [2.24, 2.45) is 0 Å². The molecule has 0 radical (unpaired) electrons. The Morgan fingerprint density at radius 3 is 2.57 bits per heavy atom. The van der Waals surface area contributed by atoms with Crippen LogP contribution in [0.25, 0.3) is 0 Å². The number of carbonyl (C=O) groups excluding carboxylic acids is 1. The van der Waals surface area contributed by atoms with E-state index in [0.29, 0.717) is 12.2 Å². The highest BCUT2D eigenvalue weighted by Crippen LogP contribution is 2.27. The minimum atomic E-state index is -3.49. The molecular weight excluding hydrogens is 336 g/mol. The predicted octanol–water partition coefficient (Wildman–Crippen LogP) is 3.21. The molecule has 0 unspecified atom stereocenters. The van der Waals surface area contributed by atoms with E-state index in [1.165, 1.54) is 12.1 Å². The Hall–Kier alpha value is -1.11. The van der Waals surface area contributed by atoms with Gasteiger partial charge < -0.3 is 5.32 Å². The van der Waals surface area contributed by atoms with Crippen LogP contribution in [0, 0.1) is 0 Å². The summed E-state index contributed by atoms with van der Waals surface area (Å²) in [5, 5.41) is 2.00. The molecule has 1 N–H and O–H groups in total. The summed E-state index contributed by atoms with van der Waals surface area (Å²) >= 11 is 5.70. The Labute approximate surface area is 143 Å². The van der Waals surface area contributed by atoms with E-state index in [1.54, 1.807) is 23.4 Å². The van der Waals surface area contributed by atoms with Crippen LogP contribution in [0.15, 0.2) is 29.2 Å². The van der Waals surface area contributed by atoms with Crippen molar-refractivity contribution in [3.63, 3.8) is 0 Å². The lowest BCUT2D eigenvalue weighted by Crippen LogP contribution is -2.43. The van der Waals surface area contributed by atoms with Gasteiger partial charge in [-0.1, -0.05) is 13.3 Å². The number of hydrogen-bond donors (Lipinski definition) is 1. The second-order valence-corrected chi connectivity index (χ2v) is 8.35. The van der Waals surface area contributed by atoms with E-state index in [1.807, 2.05) is 6.92 Å². The van der Waals surface area contributed by atoms with E-state index in [9.17, 15) is 13.2 Å². The van der Waals surface area contributed by atoms with E-state index in [-0.39, 0.29) is 16.8 Å². The number of piperidine rings is 1. The number of amides is 1. The maximum atomic E-state index is 12.8. The highest BCUT2D eigenvalue weighted by Gasteiger charge is 2.32. The molecule has 1 saturated heterocycles. The number of hydrogen-bond acceptors (Lipinski definition) is 3. The maximum absolute atomic E-state index is 12.8. The molecule has 5 nitrogen and oxygen atoms in total. The number of nitrogens with one attached hydrogen (secondary N) is 1. The van der Waals surface area contributed by atoms with Gasteiger partial charge in [0.2, 0.25) is 15.9 Å².